The van der Waals surface area contributed by atoms with E-state index in [4.69, 9.17) is 0 Å². The Morgan fingerprint density at radius 1 is 1.29 bits per heavy atom. The van der Waals surface area contributed by atoms with E-state index in [-0.39, 0.29) is 0 Å². The van der Waals surface area contributed by atoms with E-state index in [2.05, 4.69) is 42.2 Å². The molecule has 1 heteroatoms. The maximum Gasteiger partial charge on any atom is 0.0233 e. The minimum Gasteiger partial charge on any atom is -0.299 e. The number of hydrogen-bond donors (Lipinski definition) is 0. The van der Waals surface area contributed by atoms with E-state index in [1.165, 1.54) is 24.9 Å². The normalized spacial score (nSPS) is 23.6. The van der Waals surface area contributed by atoms with E-state index >= 15 is 0 Å². The van der Waals surface area contributed by atoms with Crippen LogP contribution in [0.15, 0.2) is 30.3 Å². The molecule has 14 heavy (non-hydrogen) atoms. The first-order valence-electron chi connectivity index (χ1n) is 5.44. The SMILES string of the molecule is [CH2]C1CCCN(Cc2ccccc2)C1. The molecule has 1 aliphatic heterocycles. The number of hydrogen-bond acceptors (Lipinski definition) is 1. The van der Waals surface area contributed by atoms with Gasteiger partial charge in [-0.15, -0.1) is 0 Å². The second-order valence-corrected chi connectivity index (χ2v) is 4.23. The monoisotopic (exact) mass is 188 g/mol. The van der Waals surface area contributed by atoms with Crippen molar-refractivity contribution in [1.82, 2.24) is 4.90 Å². The molecule has 75 valence electrons. The van der Waals surface area contributed by atoms with Gasteiger partial charge in [0.1, 0.15) is 0 Å². The molecule has 0 saturated carbocycles. The summed E-state index contributed by atoms with van der Waals surface area (Å²) in [5, 5.41) is 0. The Bertz CT molecular complexity index is 268. The van der Waals surface area contributed by atoms with Crippen molar-refractivity contribution in [2.75, 3.05) is 13.1 Å². The minimum atomic E-state index is 0.632. The summed E-state index contributed by atoms with van der Waals surface area (Å²) in [7, 11) is 0. The molecule has 1 atom stereocenters. The highest BCUT2D eigenvalue weighted by Crippen LogP contribution is 2.17. The third kappa shape index (κ3) is 2.58. The van der Waals surface area contributed by atoms with Gasteiger partial charge in [0.25, 0.3) is 0 Å². The van der Waals surface area contributed by atoms with Crippen LogP contribution in [0.5, 0.6) is 0 Å². The van der Waals surface area contributed by atoms with Crippen molar-refractivity contribution in [3.63, 3.8) is 0 Å². The van der Waals surface area contributed by atoms with Gasteiger partial charge in [0.2, 0.25) is 0 Å². The predicted molar refractivity (Wildman–Crippen MR) is 59.8 cm³/mol. The first-order valence-corrected chi connectivity index (χ1v) is 5.44. The fourth-order valence-corrected chi connectivity index (χ4v) is 2.14. The van der Waals surface area contributed by atoms with Gasteiger partial charge < -0.3 is 0 Å². The molecule has 1 saturated heterocycles. The van der Waals surface area contributed by atoms with Crippen molar-refractivity contribution in [2.24, 2.45) is 5.92 Å². The Morgan fingerprint density at radius 2 is 2.07 bits per heavy atom. The van der Waals surface area contributed by atoms with Crippen LogP contribution in [0.4, 0.5) is 0 Å². The van der Waals surface area contributed by atoms with Crippen molar-refractivity contribution < 1.29 is 0 Å². The second kappa shape index (κ2) is 4.61. The summed E-state index contributed by atoms with van der Waals surface area (Å²) in [6.07, 6.45) is 2.60. The van der Waals surface area contributed by atoms with Gasteiger partial charge in [-0.3, -0.25) is 4.90 Å². The molecule has 1 heterocycles. The zero-order valence-corrected chi connectivity index (χ0v) is 8.65. The van der Waals surface area contributed by atoms with Gasteiger partial charge in [-0.25, -0.2) is 0 Å². The van der Waals surface area contributed by atoms with Gasteiger partial charge in [0.05, 0.1) is 0 Å². The van der Waals surface area contributed by atoms with Crippen LogP contribution in [-0.4, -0.2) is 18.0 Å². The molecule has 0 N–H and O–H groups in total. The third-order valence-electron chi connectivity index (χ3n) is 2.85. The number of nitrogens with zero attached hydrogens (tertiary/aromatic N) is 1. The Balaban J connectivity index is 1.91. The zero-order chi connectivity index (χ0) is 9.80. The van der Waals surface area contributed by atoms with Crippen molar-refractivity contribution in [3.8, 4) is 0 Å². The second-order valence-electron chi connectivity index (χ2n) is 4.23. The van der Waals surface area contributed by atoms with Gasteiger partial charge in [-0.2, -0.15) is 0 Å². The summed E-state index contributed by atoms with van der Waals surface area (Å²) in [5.41, 5.74) is 1.42. The van der Waals surface area contributed by atoms with Gasteiger partial charge in [-0.05, 0) is 37.8 Å². The Kier molecular flexibility index (Phi) is 3.20. The summed E-state index contributed by atoms with van der Waals surface area (Å²) in [6, 6.07) is 10.7. The minimum absolute atomic E-state index is 0.632. The van der Waals surface area contributed by atoms with Crippen LogP contribution in [0.25, 0.3) is 0 Å². The summed E-state index contributed by atoms with van der Waals surface area (Å²) < 4.78 is 0. The molecule has 1 aliphatic rings. The number of benzene rings is 1. The number of rotatable bonds is 2. The molecule has 0 aliphatic carbocycles. The molecule has 1 radical (unpaired) electrons. The summed E-state index contributed by atoms with van der Waals surface area (Å²) in [5.74, 6) is 0.632. The first-order chi connectivity index (χ1) is 6.84. The molecule has 1 unspecified atom stereocenters. The Hall–Kier alpha value is -0.820. The Labute approximate surface area is 86.7 Å². The van der Waals surface area contributed by atoms with Gasteiger partial charge >= 0.3 is 0 Å². The molecule has 1 fully saturated rings. The maximum absolute atomic E-state index is 4.15. The molecule has 0 amide bonds. The fourth-order valence-electron chi connectivity index (χ4n) is 2.14. The van der Waals surface area contributed by atoms with E-state index in [0.29, 0.717) is 5.92 Å². The lowest BCUT2D eigenvalue weighted by Gasteiger charge is -2.30. The van der Waals surface area contributed by atoms with Crippen molar-refractivity contribution >= 4 is 0 Å². The van der Waals surface area contributed by atoms with E-state index in [0.717, 1.165) is 13.1 Å². The largest absolute Gasteiger partial charge is 0.299 e. The molecule has 0 spiro atoms. The van der Waals surface area contributed by atoms with Gasteiger partial charge in [0.15, 0.2) is 0 Å². The average Bonchev–Trinajstić information content (AvgIpc) is 2.19. The zero-order valence-electron chi connectivity index (χ0n) is 8.65. The smallest absolute Gasteiger partial charge is 0.0233 e. The number of likely N-dealkylation sites (tertiary alicyclic amines) is 1. The van der Waals surface area contributed by atoms with Crippen molar-refractivity contribution in [1.29, 1.82) is 0 Å². The van der Waals surface area contributed by atoms with E-state index in [1.54, 1.807) is 0 Å². The summed E-state index contributed by atoms with van der Waals surface area (Å²) >= 11 is 0. The maximum atomic E-state index is 4.15. The molecule has 1 aromatic rings. The van der Waals surface area contributed by atoms with Crippen LogP contribution in [0.1, 0.15) is 18.4 Å². The lowest BCUT2D eigenvalue weighted by atomic mass is 10.00. The highest BCUT2D eigenvalue weighted by molar-refractivity contribution is 5.14. The predicted octanol–water partition coefficient (Wildman–Crippen LogP) is 2.73. The number of piperidine rings is 1. The molecule has 0 aromatic heterocycles. The molecular formula is C13H18N. The lowest BCUT2D eigenvalue weighted by molar-refractivity contribution is 0.188. The van der Waals surface area contributed by atoms with Gasteiger partial charge in [-0.1, -0.05) is 30.3 Å². The molecular weight excluding hydrogens is 170 g/mol. The first kappa shape index (κ1) is 9.72. The Morgan fingerprint density at radius 3 is 2.79 bits per heavy atom. The highest BCUT2D eigenvalue weighted by atomic mass is 15.1. The molecule has 0 bridgehead atoms. The average molecular weight is 188 g/mol. The van der Waals surface area contributed by atoms with E-state index in [1.807, 2.05) is 0 Å². The van der Waals surface area contributed by atoms with Crippen LogP contribution in [0.2, 0.25) is 0 Å². The van der Waals surface area contributed by atoms with Crippen LogP contribution in [-0.2, 0) is 6.54 Å². The molecule has 1 aromatic carbocycles. The highest BCUT2D eigenvalue weighted by Gasteiger charge is 2.15. The summed E-state index contributed by atoms with van der Waals surface area (Å²) in [4.78, 5) is 2.51. The molecule has 1 nitrogen and oxygen atoms in total. The van der Waals surface area contributed by atoms with Crippen LogP contribution in [0.3, 0.4) is 0 Å². The van der Waals surface area contributed by atoms with Crippen LogP contribution in [0, 0.1) is 12.8 Å². The summed E-state index contributed by atoms with van der Waals surface area (Å²) in [6.45, 7) is 7.64. The van der Waals surface area contributed by atoms with Crippen LogP contribution < -0.4 is 0 Å². The third-order valence-corrected chi connectivity index (χ3v) is 2.85. The van der Waals surface area contributed by atoms with E-state index in [9.17, 15) is 0 Å². The lowest BCUT2D eigenvalue weighted by Crippen LogP contribution is -2.33. The van der Waals surface area contributed by atoms with Crippen molar-refractivity contribution in [2.45, 2.75) is 19.4 Å². The topological polar surface area (TPSA) is 3.24 Å². The van der Waals surface area contributed by atoms with Crippen LogP contribution >= 0.6 is 0 Å². The van der Waals surface area contributed by atoms with Crippen molar-refractivity contribution in [3.05, 3.63) is 42.8 Å². The standard InChI is InChI=1S/C13H18N/c1-12-6-5-9-14(10-12)11-13-7-3-2-4-8-13/h2-4,7-8,12H,1,5-6,9-11H2. The van der Waals surface area contributed by atoms with Gasteiger partial charge in [0, 0.05) is 13.1 Å². The fraction of sp³-hybridized carbons (Fsp3) is 0.462. The molecule has 2 rings (SSSR count). The quantitative estimate of drug-likeness (QED) is 0.689. The van der Waals surface area contributed by atoms with E-state index < -0.39 is 0 Å².